The second kappa shape index (κ2) is 227. The van der Waals surface area contributed by atoms with E-state index >= 15 is 0 Å². The van der Waals surface area contributed by atoms with Crippen molar-refractivity contribution in [1.29, 1.82) is 16.2 Å². The van der Waals surface area contributed by atoms with Gasteiger partial charge in [-0.3, -0.25) is 0 Å². The first-order valence-electron chi connectivity index (χ1n) is 4.32. The summed E-state index contributed by atoms with van der Waals surface area (Å²) < 4.78 is 0. The van der Waals surface area contributed by atoms with Crippen LogP contribution < -0.4 is 0 Å². The maximum absolute atomic E-state index is 8.35. The Morgan fingerprint density at radius 2 is 0.667 bits per heavy atom. The molecule has 0 rings (SSSR count). The topological polar surface area (TPSA) is 123 Å². The third-order valence-corrected chi connectivity index (χ3v) is 0. The van der Waals surface area contributed by atoms with Crippen molar-refractivity contribution in [3.8, 4) is 0 Å². The highest BCUT2D eigenvalue weighted by atomic mass is 16.1. The molecule has 0 saturated heterocycles. The summed E-state index contributed by atoms with van der Waals surface area (Å²) in [4.78, 5) is 25.0. The summed E-state index contributed by atoms with van der Waals surface area (Å²) in [6, 6.07) is 0. The van der Waals surface area contributed by atoms with Crippen LogP contribution in [0.1, 0.15) is 20.8 Å². The maximum Gasteiger partial charge on any atom is 0.231 e. The fourth-order valence-corrected chi connectivity index (χ4v) is 0. The monoisotopic (exact) mass is 255 g/mol. The minimum atomic E-state index is 0.750. The number of nitrogens with one attached hydrogen (secondary N) is 3. The molecule has 0 aliphatic carbocycles. The van der Waals surface area contributed by atoms with E-state index in [2.05, 4.69) is 19.7 Å². The Kier molecular flexibility index (Phi) is 456. The fourth-order valence-electron chi connectivity index (χ4n) is 0. The predicted molar refractivity (Wildman–Crippen MR) is 72.9 cm³/mol. The van der Waals surface area contributed by atoms with Gasteiger partial charge >= 0.3 is 0 Å². The number of allylic oxidation sites excluding steroid dienone is 3. The van der Waals surface area contributed by atoms with Crippen LogP contribution in [0.4, 0.5) is 0 Å². The van der Waals surface area contributed by atoms with Gasteiger partial charge in [0.25, 0.3) is 0 Å². The van der Waals surface area contributed by atoms with Crippen molar-refractivity contribution in [2.24, 2.45) is 0 Å². The number of rotatable bonds is 0. The second-order valence-corrected chi connectivity index (χ2v) is 1.53. The van der Waals surface area contributed by atoms with E-state index in [1.807, 2.05) is 20.8 Å². The molecule has 0 heterocycles. The molecule has 0 spiro atoms. The van der Waals surface area contributed by atoms with E-state index < -0.39 is 0 Å². The van der Waals surface area contributed by atoms with Gasteiger partial charge in [0.15, 0.2) is 0 Å². The summed E-state index contributed by atoms with van der Waals surface area (Å²) >= 11 is 0. The molecule has 0 aromatic heterocycles. The third-order valence-electron chi connectivity index (χ3n) is 0. The van der Waals surface area contributed by atoms with Crippen molar-refractivity contribution in [1.82, 2.24) is 0 Å². The summed E-state index contributed by atoms with van der Waals surface area (Å²) in [5.41, 5.74) is 0. The zero-order valence-electron chi connectivity index (χ0n) is 11.1. The molecule has 0 aliphatic rings. The molecule has 3 N–H and O–H groups in total. The lowest BCUT2D eigenvalue weighted by Gasteiger charge is -1.31. The molecular weight excluding hydrogens is 234 g/mol. The predicted octanol–water partition coefficient (Wildman–Crippen LogP) is 3.28. The van der Waals surface area contributed by atoms with Gasteiger partial charge in [-0.2, -0.15) is 0 Å². The smallest absolute Gasteiger partial charge is 0.222 e. The van der Waals surface area contributed by atoms with Gasteiger partial charge in [-0.05, 0) is 20.8 Å². The molecule has 0 aliphatic heterocycles. The SMILES string of the molecule is C=CC.C=CC.C=CC.N=C=O.N=C=O.N=C=O. The lowest BCUT2D eigenvalue weighted by molar-refractivity contribution is 0.562. The Morgan fingerprint density at radius 1 is 0.667 bits per heavy atom. The van der Waals surface area contributed by atoms with Crippen LogP contribution in [0.2, 0.25) is 0 Å². The van der Waals surface area contributed by atoms with Crippen LogP contribution >= 0.6 is 0 Å². The van der Waals surface area contributed by atoms with Gasteiger partial charge in [0.2, 0.25) is 18.2 Å². The molecule has 0 aromatic rings. The zero-order chi connectivity index (χ0) is 16.2. The van der Waals surface area contributed by atoms with Crippen LogP contribution in [0.15, 0.2) is 38.0 Å². The summed E-state index contributed by atoms with van der Waals surface area (Å²) in [6.07, 6.45) is 7.50. The minimum Gasteiger partial charge on any atom is -0.222 e. The molecular formula is C12H21N3O3. The standard InChI is InChI=1S/3C3H6.3CHNO/c3*1-3-2;3*2-1-3/h3*3H,1H2,2H3;3*2H. The van der Waals surface area contributed by atoms with Gasteiger partial charge in [0.05, 0.1) is 0 Å². The Bertz CT molecular complexity index is 200. The van der Waals surface area contributed by atoms with Gasteiger partial charge in [-0.25, -0.2) is 30.6 Å². The first kappa shape index (κ1) is 36.2. The van der Waals surface area contributed by atoms with Crippen molar-refractivity contribution in [2.45, 2.75) is 20.8 Å². The van der Waals surface area contributed by atoms with Crippen molar-refractivity contribution in [3.05, 3.63) is 38.0 Å². The highest BCUT2D eigenvalue weighted by Gasteiger charge is 1.15. The molecule has 102 valence electrons. The van der Waals surface area contributed by atoms with Crippen LogP contribution in [-0.4, -0.2) is 18.2 Å². The molecule has 0 radical (unpaired) electrons. The molecule has 0 amide bonds. The van der Waals surface area contributed by atoms with Crippen LogP contribution in [0.25, 0.3) is 0 Å². The van der Waals surface area contributed by atoms with E-state index in [4.69, 9.17) is 30.6 Å². The quantitative estimate of drug-likeness (QED) is 0.349. The van der Waals surface area contributed by atoms with Crippen LogP contribution in [0.3, 0.4) is 0 Å². The summed E-state index contributed by atoms with van der Waals surface area (Å²) in [7, 11) is 0. The Labute approximate surface area is 108 Å². The second-order valence-electron chi connectivity index (χ2n) is 1.53. The highest BCUT2D eigenvalue weighted by molar-refractivity contribution is 5.26. The van der Waals surface area contributed by atoms with Crippen LogP contribution in [0, 0.1) is 16.2 Å². The number of hydrogen-bond donors (Lipinski definition) is 3. The first-order chi connectivity index (χ1) is 8.49. The maximum atomic E-state index is 8.35. The lowest BCUT2D eigenvalue weighted by atomic mass is 10.8. The summed E-state index contributed by atoms with van der Waals surface area (Å²) in [5, 5.41) is 16.2. The van der Waals surface area contributed by atoms with Crippen molar-refractivity contribution in [2.75, 3.05) is 0 Å². The van der Waals surface area contributed by atoms with Crippen LogP contribution in [-0.2, 0) is 14.4 Å². The van der Waals surface area contributed by atoms with Crippen molar-refractivity contribution < 1.29 is 14.4 Å². The fraction of sp³-hybridized carbons (Fsp3) is 0.250. The molecule has 18 heavy (non-hydrogen) atoms. The van der Waals surface area contributed by atoms with Gasteiger partial charge in [0, 0.05) is 0 Å². The molecule has 0 aromatic carbocycles. The normalized spacial score (nSPS) is 3.50. The molecule has 6 heteroatoms. The average molecular weight is 255 g/mol. The van der Waals surface area contributed by atoms with Gasteiger partial charge in [-0.15, -0.1) is 19.7 Å². The molecule has 0 atom stereocenters. The van der Waals surface area contributed by atoms with Crippen LogP contribution in [0.5, 0.6) is 0 Å². The lowest BCUT2D eigenvalue weighted by Crippen LogP contribution is -1.16. The number of hydrogen-bond acceptors (Lipinski definition) is 6. The molecule has 0 unspecified atom stereocenters. The van der Waals surface area contributed by atoms with E-state index in [9.17, 15) is 0 Å². The summed E-state index contributed by atoms with van der Waals surface area (Å²) in [5.74, 6) is 0. The van der Waals surface area contributed by atoms with E-state index in [1.54, 1.807) is 18.2 Å². The zero-order valence-corrected chi connectivity index (χ0v) is 11.1. The number of carbonyl (C=O) groups excluding carboxylic acids is 3. The van der Waals surface area contributed by atoms with Crippen molar-refractivity contribution in [3.63, 3.8) is 0 Å². The Balaban J connectivity index is -0.0000000240. The summed E-state index contributed by atoms with van der Waals surface area (Å²) in [6.45, 7) is 15.8. The molecule has 0 bridgehead atoms. The van der Waals surface area contributed by atoms with Gasteiger partial charge < -0.3 is 0 Å². The highest BCUT2D eigenvalue weighted by Crippen LogP contribution is 1.38. The Hall–Kier alpha value is -2.64. The first-order valence-corrected chi connectivity index (χ1v) is 4.32. The molecule has 0 saturated carbocycles. The van der Waals surface area contributed by atoms with E-state index in [0.29, 0.717) is 0 Å². The van der Waals surface area contributed by atoms with E-state index in [0.717, 1.165) is 18.2 Å². The largest absolute Gasteiger partial charge is 0.231 e. The third kappa shape index (κ3) is 293. The average Bonchev–Trinajstić information content (AvgIpc) is 2.23. The van der Waals surface area contributed by atoms with Gasteiger partial charge in [-0.1, -0.05) is 18.2 Å². The van der Waals surface area contributed by atoms with E-state index in [1.165, 1.54) is 0 Å². The Morgan fingerprint density at radius 3 is 0.667 bits per heavy atom. The molecule has 0 fully saturated rings. The van der Waals surface area contributed by atoms with Crippen molar-refractivity contribution >= 4 is 18.2 Å². The molecule has 6 nitrogen and oxygen atoms in total. The van der Waals surface area contributed by atoms with E-state index in [-0.39, 0.29) is 0 Å². The minimum absolute atomic E-state index is 0.750. The van der Waals surface area contributed by atoms with Gasteiger partial charge in [0.1, 0.15) is 0 Å². The number of isocyanates is 3.